The van der Waals surface area contributed by atoms with Crippen LogP contribution in [0.3, 0.4) is 0 Å². The number of nitrogens with zero attached hydrogens (tertiary/aromatic N) is 3. The summed E-state index contributed by atoms with van der Waals surface area (Å²) in [6.45, 7) is 0. The molecule has 0 N–H and O–H groups in total. The molecule has 0 saturated carbocycles. The molecular formula is C4H2N3. The molecule has 0 aliphatic carbocycles. The highest BCUT2D eigenvalue weighted by Crippen LogP contribution is 1.75. The van der Waals surface area contributed by atoms with Crippen molar-refractivity contribution < 1.29 is 0 Å². The van der Waals surface area contributed by atoms with Gasteiger partial charge in [-0.1, -0.05) is 0 Å². The summed E-state index contributed by atoms with van der Waals surface area (Å²) in [5.74, 6) is 0. The molecule has 0 saturated heterocycles. The fourth-order valence-electron chi connectivity index (χ4n) is 0.285. The zero-order valence-corrected chi connectivity index (χ0v) is 3.50. The van der Waals surface area contributed by atoms with E-state index in [0.29, 0.717) is 0 Å². The molecule has 0 bridgehead atoms. The van der Waals surface area contributed by atoms with Gasteiger partial charge in [0.2, 0.25) is 0 Å². The van der Waals surface area contributed by atoms with Crippen molar-refractivity contribution in [2.24, 2.45) is 0 Å². The lowest BCUT2D eigenvalue weighted by atomic mass is 10.9. The lowest BCUT2D eigenvalue weighted by molar-refractivity contribution is 1.06. The molecule has 0 spiro atoms. The van der Waals surface area contributed by atoms with Crippen LogP contribution in [0.25, 0.3) is 0 Å². The topological polar surface area (TPSA) is 41.6 Å². The van der Waals surface area contributed by atoms with E-state index in [1.165, 1.54) is 17.0 Å². The highest BCUT2D eigenvalue weighted by atomic mass is 15.0. The van der Waals surface area contributed by atoms with Gasteiger partial charge in [0, 0.05) is 12.4 Å². The van der Waals surface area contributed by atoms with E-state index in [9.17, 15) is 0 Å². The number of imidazole rings is 1. The van der Waals surface area contributed by atoms with E-state index >= 15 is 0 Å². The molecule has 0 aromatic carbocycles. The van der Waals surface area contributed by atoms with Gasteiger partial charge in [0.25, 0.3) is 0 Å². The first kappa shape index (κ1) is 3.88. The third-order valence-electron chi connectivity index (χ3n) is 0.563. The first-order chi connectivity index (χ1) is 3.43. The van der Waals surface area contributed by atoms with Crippen LogP contribution in [0, 0.1) is 17.8 Å². The average molecular weight is 92.1 g/mol. The van der Waals surface area contributed by atoms with E-state index in [-0.39, 0.29) is 0 Å². The molecule has 1 aromatic rings. The Hall–Kier alpha value is -1.30. The van der Waals surface area contributed by atoms with Crippen LogP contribution >= 0.6 is 0 Å². The minimum Gasteiger partial charge on any atom is -0.233 e. The van der Waals surface area contributed by atoms with Crippen molar-refractivity contribution in [2.75, 3.05) is 0 Å². The Morgan fingerprint density at radius 1 is 1.86 bits per heavy atom. The summed E-state index contributed by atoms with van der Waals surface area (Å²) in [6, 6.07) is 0. The first-order valence-electron chi connectivity index (χ1n) is 1.74. The van der Waals surface area contributed by atoms with Crippen molar-refractivity contribution in [2.45, 2.75) is 0 Å². The van der Waals surface area contributed by atoms with Gasteiger partial charge in [-0.05, 0) is 0 Å². The molecule has 0 fully saturated rings. The van der Waals surface area contributed by atoms with Gasteiger partial charge >= 0.3 is 0 Å². The van der Waals surface area contributed by atoms with Gasteiger partial charge in [-0.3, -0.25) is 0 Å². The summed E-state index contributed by atoms with van der Waals surface area (Å²) >= 11 is 0. The first-order valence-corrected chi connectivity index (χ1v) is 1.74. The monoisotopic (exact) mass is 92.0 g/mol. The Bertz CT molecular complexity index is 169. The summed E-state index contributed by atoms with van der Waals surface area (Å²) in [5, 5.41) is 8.07. The molecule has 0 unspecified atom stereocenters. The van der Waals surface area contributed by atoms with Crippen molar-refractivity contribution >= 4 is 0 Å². The highest BCUT2D eigenvalue weighted by molar-refractivity contribution is 4.84. The molecule has 1 rings (SSSR count). The van der Waals surface area contributed by atoms with Gasteiger partial charge in [0.15, 0.2) is 12.5 Å². The molecule has 0 atom stereocenters. The highest BCUT2D eigenvalue weighted by Gasteiger charge is 1.78. The Morgan fingerprint density at radius 2 is 2.71 bits per heavy atom. The van der Waals surface area contributed by atoms with Crippen LogP contribution in [-0.4, -0.2) is 9.55 Å². The van der Waals surface area contributed by atoms with Crippen LogP contribution in [-0.2, 0) is 0 Å². The molecular weight excluding hydrogens is 90.1 g/mol. The number of hydrogen-bond donors (Lipinski definition) is 0. The van der Waals surface area contributed by atoms with Gasteiger partial charge in [0.05, 0.1) is 0 Å². The van der Waals surface area contributed by atoms with E-state index in [1.54, 1.807) is 6.19 Å². The number of aromatic nitrogens is 2. The Kier molecular flexibility index (Phi) is 0.794. The predicted octanol–water partition coefficient (Wildman–Crippen LogP) is 0.0125. The molecule has 3 nitrogen and oxygen atoms in total. The number of nitriles is 1. The quantitative estimate of drug-likeness (QED) is 0.452. The van der Waals surface area contributed by atoms with Crippen molar-refractivity contribution in [1.29, 1.82) is 5.26 Å². The zero-order valence-electron chi connectivity index (χ0n) is 3.50. The lowest BCUT2D eigenvalue weighted by Gasteiger charge is -1.70. The molecule has 0 amide bonds. The van der Waals surface area contributed by atoms with Crippen LogP contribution in [0.1, 0.15) is 0 Å². The molecule has 0 aliphatic rings. The van der Waals surface area contributed by atoms with E-state index in [1.807, 2.05) is 0 Å². The van der Waals surface area contributed by atoms with Gasteiger partial charge in [-0.2, -0.15) is 5.26 Å². The van der Waals surface area contributed by atoms with Gasteiger partial charge in [0.1, 0.15) is 0 Å². The number of hydrogen-bond acceptors (Lipinski definition) is 2. The third-order valence-corrected chi connectivity index (χ3v) is 0.563. The summed E-state index contributed by atoms with van der Waals surface area (Å²) in [7, 11) is 0. The van der Waals surface area contributed by atoms with E-state index in [2.05, 4.69) is 11.3 Å². The number of rotatable bonds is 0. The molecule has 3 heteroatoms. The second kappa shape index (κ2) is 1.43. The normalized spacial score (nSPS) is 7.86. The molecule has 1 radical (unpaired) electrons. The van der Waals surface area contributed by atoms with Crippen molar-refractivity contribution in [1.82, 2.24) is 9.55 Å². The van der Waals surface area contributed by atoms with E-state index < -0.39 is 0 Å². The van der Waals surface area contributed by atoms with Crippen molar-refractivity contribution in [3.63, 3.8) is 0 Å². The SMILES string of the molecule is N#Cn1[c]ncc1. The van der Waals surface area contributed by atoms with Gasteiger partial charge in [-0.25, -0.2) is 9.55 Å². The Morgan fingerprint density at radius 3 is 3.00 bits per heavy atom. The average Bonchev–Trinajstić information content (AvgIpc) is 2.14. The van der Waals surface area contributed by atoms with Crippen LogP contribution in [0.5, 0.6) is 0 Å². The maximum absolute atomic E-state index is 8.07. The second-order valence-electron chi connectivity index (χ2n) is 0.997. The van der Waals surface area contributed by atoms with Gasteiger partial charge in [-0.15, -0.1) is 0 Å². The molecule has 1 heterocycles. The third kappa shape index (κ3) is 0.578. The smallest absolute Gasteiger partial charge is 0.190 e. The standard InChI is InChI=1S/C4H2N3/c5-3-7-2-1-6-4-7/h1-2H. The Labute approximate surface area is 40.8 Å². The summed E-state index contributed by atoms with van der Waals surface area (Å²) in [5.41, 5.74) is 0. The van der Waals surface area contributed by atoms with Crippen molar-refractivity contribution in [3.05, 3.63) is 18.7 Å². The molecule has 7 heavy (non-hydrogen) atoms. The van der Waals surface area contributed by atoms with Gasteiger partial charge < -0.3 is 0 Å². The zero-order chi connectivity index (χ0) is 5.11. The minimum atomic E-state index is 1.19. The summed E-state index contributed by atoms with van der Waals surface area (Å²) < 4.78 is 1.19. The molecule has 33 valence electrons. The van der Waals surface area contributed by atoms with Crippen LogP contribution in [0.2, 0.25) is 0 Å². The lowest BCUT2D eigenvalue weighted by Crippen LogP contribution is -1.78. The molecule has 1 aromatic heterocycles. The molecule has 0 aliphatic heterocycles. The fraction of sp³-hybridized carbons (Fsp3) is 0. The largest absolute Gasteiger partial charge is 0.233 e. The maximum Gasteiger partial charge on any atom is 0.190 e. The van der Waals surface area contributed by atoms with Crippen LogP contribution < -0.4 is 0 Å². The minimum absolute atomic E-state index is 1.19. The van der Waals surface area contributed by atoms with Crippen LogP contribution in [0.4, 0.5) is 0 Å². The Balaban J connectivity index is 3.04. The van der Waals surface area contributed by atoms with Crippen molar-refractivity contribution in [3.8, 4) is 6.19 Å². The second-order valence-corrected chi connectivity index (χ2v) is 0.997. The van der Waals surface area contributed by atoms with E-state index in [4.69, 9.17) is 5.26 Å². The predicted molar refractivity (Wildman–Crippen MR) is 22.1 cm³/mol. The van der Waals surface area contributed by atoms with E-state index in [0.717, 1.165) is 0 Å². The maximum atomic E-state index is 8.07. The van der Waals surface area contributed by atoms with Crippen LogP contribution in [0.15, 0.2) is 12.4 Å². The summed E-state index contributed by atoms with van der Waals surface area (Å²) in [4.78, 5) is 3.51. The summed E-state index contributed by atoms with van der Waals surface area (Å²) in [6.07, 6.45) is 7.23. The fourth-order valence-corrected chi connectivity index (χ4v) is 0.285.